The predicted molar refractivity (Wildman–Crippen MR) is 63.1 cm³/mol. The molecule has 0 aliphatic carbocycles. The van der Waals surface area contributed by atoms with Crippen LogP contribution in [-0.2, 0) is 0 Å². The molecule has 0 fully saturated rings. The highest BCUT2D eigenvalue weighted by molar-refractivity contribution is 6.30. The van der Waals surface area contributed by atoms with Crippen molar-refractivity contribution >= 4 is 17.4 Å². The first-order valence-electron chi connectivity index (χ1n) is 4.71. The highest BCUT2D eigenvalue weighted by Crippen LogP contribution is 2.22. The smallest absolute Gasteiger partial charge is 0.221 e. The lowest BCUT2D eigenvalue weighted by Crippen LogP contribution is -1.94. The number of anilines is 1. The van der Waals surface area contributed by atoms with Crippen molar-refractivity contribution in [1.82, 2.24) is 9.97 Å². The van der Waals surface area contributed by atoms with Gasteiger partial charge in [0.1, 0.15) is 11.6 Å². The Morgan fingerprint density at radius 2 is 2.19 bits per heavy atom. The van der Waals surface area contributed by atoms with Gasteiger partial charge in [-0.2, -0.15) is 4.98 Å². The molecule has 0 amide bonds. The number of halogens is 1. The average Bonchev–Trinajstić information content (AvgIpc) is 2.29. The molecular weight excluding hydrogens is 226 g/mol. The molecule has 0 radical (unpaired) electrons. The third-order valence-corrected chi connectivity index (χ3v) is 2.09. The molecule has 0 spiro atoms. The van der Waals surface area contributed by atoms with Crippen LogP contribution in [0.15, 0.2) is 36.7 Å². The van der Waals surface area contributed by atoms with E-state index < -0.39 is 0 Å². The molecule has 0 saturated heterocycles. The first-order valence-corrected chi connectivity index (χ1v) is 5.09. The summed E-state index contributed by atoms with van der Waals surface area (Å²) >= 11 is 5.79. The van der Waals surface area contributed by atoms with E-state index in [1.807, 2.05) is 12.1 Å². The van der Waals surface area contributed by atoms with Crippen molar-refractivity contribution in [3.63, 3.8) is 0 Å². The summed E-state index contributed by atoms with van der Waals surface area (Å²) in [5.74, 6) is 1.80. The minimum Gasteiger partial charge on any atom is -0.437 e. The number of hydrogen-bond acceptors (Lipinski definition) is 4. The van der Waals surface area contributed by atoms with Crippen molar-refractivity contribution in [2.24, 2.45) is 0 Å². The zero-order chi connectivity index (χ0) is 11.4. The Kier molecular flexibility index (Phi) is 3.22. The van der Waals surface area contributed by atoms with Gasteiger partial charge in [-0.1, -0.05) is 17.7 Å². The number of nitrogens with one attached hydrogen (secondary N) is 1. The van der Waals surface area contributed by atoms with Crippen molar-refractivity contribution < 1.29 is 4.74 Å². The van der Waals surface area contributed by atoms with Gasteiger partial charge in [-0.3, -0.25) is 4.98 Å². The monoisotopic (exact) mass is 235 g/mol. The third-order valence-electron chi connectivity index (χ3n) is 1.88. The SMILES string of the molecule is CNc1cccc(Oc2cncc(Cl)c2)n1. The van der Waals surface area contributed by atoms with Gasteiger partial charge in [0.2, 0.25) is 5.88 Å². The molecule has 1 N–H and O–H groups in total. The molecule has 0 atom stereocenters. The van der Waals surface area contributed by atoms with Gasteiger partial charge in [-0.25, -0.2) is 0 Å². The lowest BCUT2D eigenvalue weighted by Gasteiger charge is -2.05. The van der Waals surface area contributed by atoms with Crippen LogP contribution < -0.4 is 10.1 Å². The molecule has 82 valence electrons. The van der Waals surface area contributed by atoms with Crippen LogP contribution in [0.25, 0.3) is 0 Å². The second kappa shape index (κ2) is 4.81. The maximum Gasteiger partial charge on any atom is 0.221 e. The van der Waals surface area contributed by atoms with E-state index in [4.69, 9.17) is 16.3 Å². The minimum atomic E-state index is 0.496. The third kappa shape index (κ3) is 2.61. The summed E-state index contributed by atoms with van der Waals surface area (Å²) in [4.78, 5) is 8.13. The zero-order valence-corrected chi connectivity index (χ0v) is 9.40. The van der Waals surface area contributed by atoms with Gasteiger partial charge in [-0.15, -0.1) is 0 Å². The molecule has 0 bridgehead atoms. The molecule has 0 aliphatic rings. The fraction of sp³-hybridized carbons (Fsp3) is 0.0909. The van der Waals surface area contributed by atoms with Crippen LogP contribution >= 0.6 is 11.6 Å². The molecule has 0 unspecified atom stereocenters. The number of hydrogen-bond donors (Lipinski definition) is 1. The lowest BCUT2D eigenvalue weighted by atomic mass is 10.4. The van der Waals surface area contributed by atoms with Crippen molar-refractivity contribution in [2.45, 2.75) is 0 Å². The van der Waals surface area contributed by atoms with E-state index in [1.165, 1.54) is 0 Å². The summed E-state index contributed by atoms with van der Waals surface area (Å²) in [5.41, 5.74) is 0. The van der Waals surface area contributed by atoms with Crippen LogP contribution in [0.4, 0.5) is 5.82 Å². The quantitative estimate of drug-likeness (QED) is 0.889. The molecule has 2 aromatic rings. The van der Waals surface area contributed by atoms with Crippen LogP contribution in [0.2, 0.25) is 5.02 Å². The number of pyridine rings is 2. The summed E-state index contributed by atoms with van der Waals surface area (Å²) in [6, 6.07) is 7.15. The fourth-order valence-electron chi connectivity index (χ4n) is 1.18. The summed E-state index contributed by atoms with van der Waals surface area (Å²) in [5, 5.41) is 3.46. The highest BCUT2D eigenvalue weighted by atomic mass is 35.5. The lowest BCUT2D eigenvalue weighted by molar-refractivity contribution is 0.461. The Morgan fingerprint density at radius 3 is 2.94 bits per heavy atom. The summed E-state index contributed by atoms with van der Waals surface area (Å²) < 4.78 is 5.50. The Labute approximate surface area is 98.3 Å². The second-order valence-corrected chi connectivity index (χ2v) is 3.49. The number of nitrogens with zero attached hydrogens (tertiary/aromatic N) is 2. The van der Waals surface area contributed by atoms with E-state index in [-0.39, 0.29) is 0 Å². The highest BCUT2D eigenvalue weighted by Gasteiger charge is 2.00. The normalized spacial score (nSPS) is 9.88. The topological polar surface area (TPSA) is 47.0 Å². The van der Waals surface area contributed by atoms with E-state index >= 15 is 0 Å². The average molecular weight is 236 g/mol. The molecular formula is C11H10ClN3O. The van der Waals surface area contributed by atoms with Crippen molar-refractivity contribution in [3.8, 4) is 11.6 Å². The Balaban J connectivity index is 2.20. The van der Waals surface area contributed by atoms with Crippen LogP contribution in [-0.4, -0.2) is 17.0 Å². The van der Waals surface area contributed by atoms with Crippen LogP contribution in [0.5, 0.6) is 11.6 Å². The Hall–Kier alpha value is -1.81. The molecule has 2 aromatic heterocycles. The summed E-state index contributed by atoms with van der Waals surface area (Å²) in [7, 11) is 1.80. The van der Waals surface area contributed by atoms with Crippen molar-refractivity contribution in [2.75, 3.05) is 12.4 Å². The van der Waals surface area contributed by atoms with Crippen molar-refractivity contribution in [3.05, 3.63) is 41.7 Å². The van der Waals surface area contributed by atoms with E-state index in [2.05, 4.69) is 15.3 Å². The molecule has 16 heavy (non-hydrogen) atoms. The van der Waals surface area contributed by atoms with Crippen LogP contribution in [0.1, 0.15) is 0 Å². The number of ether oxygens (including phenoxy) is 1. The van der Waals surface area contributed by atoms with Gasteiger partial charge >= 0.3 is 0 Å². The van der Waals surface area contributed by atoms with Crippen LogP contribution in [0, 0.1) is 0 Å². The number of aromatic nitrogens is 2. The van der Waals surface area contributed by atoms with E-state index in [0.717, 1.165) is 5.82 Å². The van der Waals surface area contributed by atoms with Gasteiger partial charge in [0, 0.05) is 25.4 Å². The van der Waals surface area contributed by atoms with E-state index in [1.54, 1.807) is 31.6 Å². The predicted octanol–water partition coefficient (Wildman–Crippen LogP) is 2.96. The molecule has 0 saturated carbocycles. The first kappa shape index (κ1) is 10.7. The van der Waals surface area contributed by atoms with Gasteiger partial charge in [0.05, 0.1) is 11.2 Å². The van der Waals surface area contributed by atoms with Crippen LogP contribution in [0.3, 0.4) is 0 Å². The maximum absolute atomic E-state index is 5.79. The Morgan fingerprint density at radius 1 is 1.31 bits per heavy atom. The number of rotatable bonds is 3. The van der Waals surface area contributed by atoms with Crippen molar-refractivity contribution in [1.29, 1.82) is 0 Å². The van der Waals surface area contributed by atoms with Gasteiger partial charge in [0.25, 0.3) is 0 Å². The second-order valence-electron chi connectivity index (χ2n) is 3.05. The zero-order valence-electron chi connectivity index (χ0n) is 8.64. The largest absolute Gasteiger partial charge is 0.437 e. The molecule has 0 aromatic carbocycles. The van der Waals surface area contributed by atoms with Gasteiger partial charge in [0.15, 0.2) is 0 Å². The summed E-state index contributed by atoms with van der Waals surface area (Å²) in [6.45, 7) is 0. The first-order chi connectivity index (χ1) is 7.78. The maximum atomic E-state index is 5.79. The standard InChI is InChI=1S/C11H10ClN3O/c1-13-10-3-2-4-11(15-10)16-9-5-8(12)6-14-7-9/h2-7H,1H3,(H,13,15). The molecule has 2 heterocycles. The molecule has 5 heteroatoms. The Bertz CT molecular complexity index is 490. The van der Waals surface area contributed by atoms with E-state index in [0.29, 0.717) is 16.7 Å². The molecule has 0 aliphatic heterocycles. The molecule has 4 nitrogen and oxygen atoms in total. The van der Waals surface area contributed by atoms with Gasteiger partial charge in [-0.05, 0) is 6.07 Å². The fourth-order valence-corrected chi connectivity index (χ4v) is 1.34. The van der Waals surface area contributed by atoms with Gasteiger partial charge < -0.3 is 10.1 Å². The molecule has 2 rings (SSSR count). The summed E-state index contributed by atoms with van der Waals surface area (Å²) in [6.07, 6.45) is 3.13. The minimum absolute atomic E-state index is 0.496. The van der Waals surface area contributed by atoms with E-state index in [9.17, 15) is 0 Å².